The standard InChI is InChI=1S/C41H50N6O5S/c1-41(2,3)46-40(52)33-19-27-14-7-8-15-28(27)22-47(33)23-34(48)37(35-20-29(24-53-35)25-11-5-4-6-12-25)45-39(51)32(21-36(42)49)44-38(50)31-18-17-26-13-9-10-16-30(26)43-31/h4-6,9-13,16-18,20,24,27-28,32-34,37,48H,7-8,14-15,19,21-23H2,1-3H3,(H2,42,49)(H,44,50)(H,45,51)(H,46,52)/t27-,28+,32+,33-,34+,37+/m0/s1. The second-order valence-electron chi connectivity index (χ2n) is 15.5. The number of aliphatic hydroxyl groups excluding tert-OH is 1. The Morgan fingerprint density at radius 3 is 2.40 bits per heavy atom. The van der Waals surface area contributed by atoms with Crippen molar-refractivity contribution in [2.75, 3.05) is 13.1 Å². The van der Waals surface area contributed by atoms with Crippen LogP contribution in [0.15, 0.2) is 78.2 Å². The SMILES string of the molecule is CC(C)(C)NC(=O)[C@@H]1C[C@@H]2CCCC[C@@H]2CN1C[C@@H](O)[C@@H](NC(=O)[C@@H](CC(N)=O)NC(=O)c1ccc2ccccc2n1)c1cc(-c2ccccc2)cs1. The van der Waals surface area contributed by atoms with Gasteiger partial charge in [0.2, 0.25) is 17.7 Å². The van der Waals surface area contributed by atoms with E-state index in [1.807, 2.05) is 80.7 Å². The van der Waals surface area contributed by atoms with E-state index in [4.69, 9.17) is 5.73 Å². The average Bonchev–Trinajstić information content (AvgIpc) is 3.62. The molecule has 0 bridgehead atoms. The molecule has 1 saturated carbocycles. The molecule has 6 rings (SSSR count). The van der Waals surface area contributed by atoms with Crippen molar-refractivity contribution >= 4 is 45.9 Å². The summed E-state index contributed by atoms with van der Waals surface area (Å²) in [6, 6.07) is 19.7. The fourth-order valence-corrected chi connectivity index (χ4v) is 8.74. The number of pyridine rings is 1. The monoisotopic (exact) mass is 738 g/mol. The van der Waals surface area contributed by atoms with Crippen molar-refractivity contribution in [2.45, 2.75) is 89.1 Å². The number of nitrogens with zero attached hydrogens (tertiary/aromatic N) is 2. The van der Waals surface area contributed by atoms with Gasteiger partial charge in [0.1, 0.15) is 11.7 Å². The van der Waals surface area contributed by atoms with Gasteiger partial charge in [-0.05, 0) is 80.2 Å². The average molecular weight is 739 g/mol. The predicted molar refractivity (Wildman–Crippen MR) is 207 cm³/mol. The fourth-order valence-electron chi connectivity index (χ4n) is 7.72. The van der Waals surface area contributed by atoms with Crippen molar-refractivity contribution in [3.8, 4) is 11.1 Å². The number of thiophene rings is 1. The lowest BCUT2D eigenvalue weighted by Gasteiger charge is -2.47. The smallest absolute Gasteiger partial charge is 0.270 e. The minimum atomic E-state index is -1.33. The van der Waals surface area contributed by atoms with Gasteiger partial charge in [-0.15, -0.1) is 11.3 Å². The number of fused-ring (bicyclic) bond motifs is 2. The Bertz CT molecular complexity index is 1930. The summed E-state index contributed by atoms with van der Waals surface area (Å²) in [5, 5.41) is 23.7. The number of aromatic nitrogens is 1. The molecule has 3 heterocycles. The quantitative estimate of drug-likeness (QED) is 0.137. The molecule has 4 aromatic rings. The highest BCUT2D eigenvalue weighted by atomic mass is 32.1. The number of hydrogen-bond donors (Lipinski definition) is 5. The van der Waals surface area contributed by atoms with Crippen molar-refractivity contribution in [3.63, 3.8) is 0 Å². The van der Waals surface area contributed by atoms with Crippen LogP contribution in [0.5, 0.6) is 0 Å². The van der Waals surface area contributed by atoms with Gasteiger partial charge in [0.25, 0.3) is 5.91 Å². The molecule has 2 aliphatic rings. The number of carbonyl (C=O) groups is 4. The summed E-state index contributed by atoms with van der Waals surface area (Å²) in [6.07, 6.45) is 3.59. The number of nitrogens with two attached hydrogens (primary N) is 1. The molecule has 2 aromatic carbocycles. The molecule has 1 saturated heterocycles. The van der Waals surface area contributed by atoms with Crippen molar-refractivity contribution in [1.29, 1.82) is 0 Å². The topological polar surface area (TPSA) is 167 Å². The lowest BCUT2D eigenvalue weighted by atomic mass is 9.72. The highest BCUT2D eigenvalue weighted by Gasteiger charge is 2.42. The van der Waals surface area contributed by atoms with Gasteiger partial charge in [-0.1, -0.05) is 73.9 Å². The number of amides is 4. The summed E-state index contributed by atoms with van der Waals surface area (Å²) in [5.74, 6) is -1.29. The zero-order valence-corrected chi connectivity index (χ0v) is 31.4. The van der Waals surface area contributed by atoms with Crippen LogP contribution in [0.2, 0.25) is 0 Å². The maximum Gasteiger partial charge on any atom is 0.270 e. The van der Waals surface area contributed by atoms with E-state index in [-0.39, 0.29) is 18.1 Å². The number of piperidine rings is 1. The molecule has 6 atom stereocenters. The van der Waals surface area contributed by atoms with E-state index in [1.54, 1.807) is 18.2 Å². The Labute approximate surface area is 314 Å². The Hall–Kier alpha value is -4.65. The Balaban J connectivity index is 1.27. The first-order valence-corrected chi connectivity index (χ1v) is 19.4. The fraction of sp³-hybridized carbons (Fsp3) is 0.439. The van der Waals surface area contributed by atoms with Gasteiger partial charge in [-0.25, -0.2) is 4.98 Å². The molecule has 2 aromatic heterocycles. The van der Waals surface area contributed by atoms with Crippen LogP contribution in [-0.2, 0) is 14.4 Å². The van der Waals surface area contributed by atoms with Crippen LogP contribution in [0.4, 0.5) is 0 Å². The van der Waals surface area contributed by atoms with Crippen LogP contribution in [0.3, 0.4) is 0 Å². The van der Waals surface area contributed by atoms with E-state index in [0.717, 1.165) is 42.2 Å². The minimum Gasteiger partial charge on any atom is -0.389 e. The number of rotatable bonds is 12. The number of β-amino-alcohol motifs (C(OH)–C–C–N with tert-alkyl or cyclic N) is 1. The Morgan fingerprint density at radius 2 is 1.66 bits per heavy atom. The number of nitrogens with one attached hydrogen (secondary N) is 3. The van der Waals surface area contributed by atoms with E-state index >= 15 is 0 Å². The lowest BCUT2D eigenvalue weighted by Crippen LogP contribution is -2.59. The van der Waals surface area contributed by atoms with Gasteiger partial charge in [-0.3, -0.25) is 24.1 Å². The molecule has 12 heteroatoms. The summed E-state index contributed by atoms with van der Waals surface area (Å²) in [6.45, 7) is 6.67. The molecule has 1 aliphatic carbocycles. The number of benzene rings is 2. The molecule has 0 radical (unpaired) electrons. The van der Waals surface area contributed by atoms with E-state index in [2.05, 4.69) is 25.8 Å². The summed E-state index contributed by atoms with van der Waals surface area (Å²) in [4.78, 5) is 60.7. The molecular weight excluding hydrogens is 689 g/mol. The normalized spacial score (nSPS) is 20.8. The van der Waals surface area contributed by atoms with Crippen LogP contribution in [0.25, 0.3) is 22.0 Å². The second-order valence-corrected chi connectivity index (χ2v) is 16.4. The van der Waals surface area contributed by atoms with Crippen LogP contribution in [-0.4, -0.2) is 75.4 Å². The number of carbonyl (C=O) groups excluding carboxylic acids is 4. The number of para-hydroxylation sites is 1. The van der Waals surface area contributed by atoms with Gasteiger partial charge in [0, 0.05) is 28.9 Å². The van der Waals surface area contributed by atoms with Gasteiger partial charge in [0.15, 0.2) is 0 Å². The molecule has 0 unspecified atom stereocenters. The Morgan fingerprint density at radius 1 is 0.943 bits per heavy atom. The van der Waals surface area contributed by atoms with Gasteiger partial charge >= 0.3 is 0 Å². The van der Waals surface area contributed by atoms with Crippen LogP contribution in [0, 0.1) is 11.8 Å². The second kappa shape index (κ2) is 16.6. The van der Waals surface area contributed by atoms with Crippen LogP contribution < -0.4 is 21.7 Å². The molecule has 1 aliphatic heterocycles. The van der Waals surface area contributed by atoms with Crippen molar-refractivity contribution in [3.05, 3.63) is 88.7 Å². The molecule has 6 N–H and O–H groups in total. The molecule has 2 fully saturated rings. The van der Waals surface area contributed by atoms with E-state index in [9.17, 15) is 24.3 Å². The largest absolute Gasteiger partial charge is 0.389 e. The number of aliphatic hydroxyl groups is 1. The summed E-state index contributed by atoms with van der Waals surface area (Å²) >= 11 is 1.39. The number of primary amides is 1. The molecule has 0 spiro atoms. The third kappa shape index (κ3) is 9.67. The highest BCUT2D eigenvalue weighted by Crippen LogP contribution is 2.39. The number of likely N-dealkylation sites (tertiary alicyclic amines) is 1. The van der Waals surface area contributed by atoms with Crippen molar-refractivity contribution in [1.82, 2.24) is 25.8 Å². The van der Waals surface area contributed by atoms with Crippen molar-refractivity contribution < 1.29 is 24.3 Å². The third-order valence-corrected chi connectivity index (χ3v) is 11.3. The summed E-state index contributed by atoms with van der Waals surface area (Å²) in [5.41, 5.74) is 7.75. The molecular formula is C41H50N6O5S. The van der Waals surface area contributed by atoms with Gasteiger partial charge in [-0.2, -0.15) is 0 Å². The van der Waals surface area contributed by atoms with E-state index in [0.29, 0.717) is 35.2 Å². The summed E-state index contributed by atoms with van der Waals surface area (Å²) < 4.78 is 0. The van der Waals surface area contributed by atoms with Crippen LogP contribution >= 0.6 is 11.3 Å². The molecule has 4 amide bonds. The first kappa shape index (κ1) is 38.1. The number of hydrogen-bond acceptors (Lipinski definition) is 8. The first-order valence-electron chi connectivity index (χ1n) is 18.5. The molecule has 280 valence electrons. The minimum absolute atomic E-state index is 0.0664. The lowest BCUT2D eigenvalue weighted by molar-refractivity contribution is -0.133. The van der Waals surface area contributed by atoms with Crippen LogP contribution in [0.1, 0.15) is 80.7 Å². The predicted octanol–water partition coefficient (Wildman–Crippen LogP) is 4.95. The summed E-state index contributed by atoms with van der Waals surface area (Å²) in [7, 11) is 0. The first-order chi connectivity index (χ1) is 25.3. The van der Waals surface area contributed by atoms with Gasteiger partial charge in [0.05, 0.1) is 30.1 Å². The molecule has 11 nitrogen and oxygen atoms in total. The maximum absolute atomic E-state index is 14.1. The molecule has 53 heavy (non-hydrogen) atoms. The zero-order valence-electron chi connectivity index (χ0n) is 30.6. The third-order valence-electron chi connectivity index (χ3n) is 10.3. The zero-order chi connectivity index (χ0) is 37.7. The highest BCUT2D eigenvalue weighted by molar-refractivity contribution is 7.10. The maximum atomic E-state index is 14.1. The van der Waals surface area contributed by atoms with Gasteiger partial charge < -0.3 is 26.8 Å². The van der Waals surface area contributed by atoms with E-state index < -0.39 is 53.9 Å². The van der Waals surface area contributed by atoms with E-state index in [1.165, 1.54) is 11.3 Å². The Kier molecular flexibility index (Phi) is 11.9. The van der Waals surface area contributed by atoms with Crippen molar-refractivity contribution in [2.24, 2.45) is 17.6 Å².